The lowest BCUT2D eigenvalue weighted by Crippen LogP contribution is -2.51. The molecule has 1 aromatic carbocycles. The van der Waals surface area contributed by atoms with Gasteiger partial charge in [-0.2, -0.15) is 0 Å². The smallest absolute Gasteiger partial charge is 0.407 e. The maximum absolute atomic E-state index is 13.0. The molecule has 1 fully saturated rings. The number of amides is 3. The molecule has 0 saturated carbocycles. The van der Waals surface area contributed by atoms with Crippen molar-refractivity contribution in [3.63, 3.8) is 0 Å². The van der Waals surface area contributed by atoms with E-state index in [2.05, 4.69) is 5.32 Å². The number of halogens is 1. The summed E-state index contributed by atoms with van der Waals surface area (Å²) in [5, 5.41) is 11.4. The van der Waals surface area contributed by atoms with Gasteiger partial charge in [0.2, 0.25) is 5.91 Å². The summed E-state index contributed by atoms with van der Waals surface area (Å²) in [6.07, 6.45) is 0.443. The summed E-state index contributed by atoms with van der Waals surface area (Å²) in [5.74, 6) is -1.20. The van der Waals surface area contributed by atoms with Crippen LogP contribution in [0.15, 0.2) is 30.0 Å². The Labute approximate surface area is 138 Å². The van der Waals surface area contributed by atoms with E-state index in [1.807, 2.05) is 0 Å². The molecule has 3 amide bonds. The van der Waals surface area contributed by atoms with Crippen LogP contribution in [0.4, 0.5) is 9.18 Å². The second-order valence-corrected chi connectivity index (χ2v) is 5.35. The Bertz CT molecular complexity index is 664. The molecular formula is C16H18FN3O4. The number of rotatable bonds is 3. The van der Waals surface area contributed by atoms with Crippen LogP contribution < -0.4 is 5.32 Å². The molecule has 1 heterocycles. The Morgan fingerprint density at radius 1 is 1.08 bits per heavy atom. The molecule has 0 atom stereocenters. The number of carboxylic acid groups (broad SMARTS) is 1. The molecule has 0 unspecified atom stereocenters. The minimum atomic E-state index is -1.02. The van der Waals surface area contributed by atoms with Crippen molar-refractivity contribution < 1.29 is 23.9 Å². The van der Waals surface area contributed by atoms with Crippen LogP contribution >= 0.6 is 0 Å². The molecule has 1 aliphatic rings. The average Bonchev–Trinajstić information content (AvgIpc) is 2.55. The molecule has 1 aromatic rings. The molecule has 24 heavy (non-hydrogen) atoms. The van der Waals surface area contributed by atoms with Crippen LogP contribution in [0.3, 0.4) is 0 Å². The molecule has 8 heteroatoms. The first-order chi connectivity index (χ1) is 11.4. The fourth-order valence-corrected chi connectivity index (χ4v) is 2.34. The highest BCUT2D eigenvalue weighted by atomic mass is 19.1. The van der Waals surface area contributed by atoms with E-state index in [0.29, 0.717) is 5.56 Å². The van der Waals surface area contributed by atoms with E-state index in [4.69, 9.17) is 5.11 Å². The summed E-state index contributed by atoms with van der Waals surface area (Å²) in [5.41, 5.74) is 0.635. The number of carbonyl (C=O) groups is 3. The third-order valence-corrected chi connectivity index (χ3v) is 3.56. The predicted molar refractivity (Wildman–Crippen MR) is 84.4 cm³/mol. The molecule has 2 N–H and O–H groups in total. The highest BCUT2D eigenvalue weighted by molar-refractivity contribution is 6.01. The molecule has 0 radical (unpaired) electrons. The molecular weight excluding hydrogens is 317 g/mol. The summed E-state index contributed by atoms with van der Waals surface area (Å²) in [4.78, 5) is 37.5. The number of hydrogen-bond donors (Lipinski definition) is 2. The summed E-state index contributed by atoms with van der Waals surface area (Å²) in [6.45, 7) is 2.20. The average molecular weight is 335 g/mol. The highest BCUT2D eigenvalue weighted by Gasteiger charge is 2.26. The van der Waals surface area contributed by atoms with Gasteiger partial charge in [-0.15, -0.1) is 0 Å². The quantitative estimate of drug-likeness (QED) is 0.810. The highest BCUT2D eigenvalue weighted by Crippen LogP contribution is 2.11. The van der Waals surface area contributed by atoms with Crippen molar-refractivity contribution in [2.24, 2.45) is 0 Å². The minimum Gasteiger partial charge on any atom is -0.465 e. The Kier molecular flexibility index (Phi) is 5.51. The second-order valence-electron chi connectivity index (χ2n) is 5.35. The second kappa shape index (κ2) is 7.58. The van der Waals surface area contributed by atoms with E-state index in [0.717, 1.165) is 0 Å². The Morgan fingerprint density at radius 3 is 2.12 bits per heavy atom. The van der Waals surface area contributed by atoms with Gasteiger partial charge in [-0.1, -0.05) is 12.1 Å². The Morgan fingerprint density at radius 2 is 1.62 bits per heavy atom. The van der Waals surface area contributed by atoms with E-state index in [-0.39, 0.29) is 31.9 Å². The predicted octanol–water partition coefficient (Wildman–Crippen LogP) is 1.12. The van der Waals surface area contributed by atoms with Crippen LogP contribution in [-0.2, 0) is 9.59 Å². The summed E-state index contributed by atoms with van der Waals surface area (Å²) in [7, 11) is 0. The third kappa shape index (κ3) is 4.55. The SMILES string of the molecule is CC(=O)N/C(=C\c1ccc(F)cc1)C(=O)N1CCN(C(=O)O)CC1. The van der Waals surface area contributed by atoms with E-state index in [1.165, 1.54) is 47.1 Å². The van der Waals surface area contributed by atoms with Gasteiger partial charge in [0.25, 0.3) is 5.91 Å². The lowest BCUT2D eigenvalue weighted by atomic mass is 10.1. The fourth-order valence-electron chi connectivity index (χ4n) is 2.34. The molecule has 1 aliphatic heterocycles. The van der Waals surface area contributed by atoms with Gasteiger partial charge in [0.15, 0.2) is 0 Å². The largest absolute Gasteiger partial charge is 0.465 e. The van der Waals surface area contributed by atoms with E-state index < -0.39 is 23.7 Å². The lowest BCUT2D eigenvalue weighted by Gasteiger charge is -2.33. The van der Waals surface area contributed by atoms with Gasteiger partial charge >= 0.3 is 6.09 Å². The summed E-state index contributed by atoms with van der Waals surface area (Å²) in [6, 6.07) is 5.50. The molecule has 0 aromatic heterocycles. The van der Waals surface area contributed by atoms with Crippen molar-refractivity contribution >= 4 is 24.0 Å². The van der Waals surface area contributed by atoms with Crippen molar-refractivity contribution in [1.29, 1.82) is 0 Å². The van der Waals surface area contributed by atoms with Crippen molar-refractivity contribution in [1.82, 2.24) is 15.1 Å². The molecule has 1 saturated heterocycles. The van der Waals surface area contributed by atoms with Crippen LogP contribution in [0.1, 0.15) is 12.5 Å². The molecule has 0 spiro atoms. The molecule has 2 rings (SSSR count). The van der Waals surface area contributed by atoms with Crippen molar-refractivity contribution in [3.8, 4) is 0 Å². The van der Waals surface area contributed by atoms with Gasteiger partial charge in [-0.05, 0) is 23.8 Å². The Balaban J connectivity index is 2.15. The van der Waals surface area contributed by atoms with Crippen molar-refractivity contribution in [2.75, 3.05) is 26.2 Å². The first-order valence-corrected chi connectivity index (χ1v) is 7.39. The molecule has 7 nitrogen and oxygen atoms in total. The third-order valence-electron chi connectivity index (χ3n) is 3.56. The van der Waals surface area contributed by atoms with Gasteiger partial charge in [-0.3, -0.25) is 9.59 Å². The van der Waals surface area contributed by atoms with Crippen molar-refractivity contribution in [3.05, 3.63) is 41.3 Å². The van der Waals surface area contributed by atoms with Gasteiger partial charge in [-0.25, -0.2) is 9.18 Å². The molecule has 0 aliphatic carbocycles. The van der Waals surface area contributed by atoms with Gasteiger partial charge in [0.1, 0.15) is 11.5 Å². The van der Waals surface area contributed by atoms with Crippen molar-refractivity contribution in [2.45, 2.75) is 6.92 Å². The summed E-state index contributed by atoms with van der Waals surface area (Å²) >= 11 is 0. The maximum atomic E-state index is 13.0. The molecule has 0 bridgehead atoms. The van der Waals surface area contributed by atoms with Gasteiger partial charge in [0.05, 0.1) is 0 Å². The zero-order chi connectivity index (χ0) is 17.7. The first-order valence-electron chi connectivity index (χ1n) is 7.39. The number of benzene rings is 1. The van der Waals surface area contributed by atoms with E-state index in [1.54, 1.807) is 0 Å². The normalized spacial score (nSPS) is 15.2. The zero-order valence-electron chi connectivity index (χ0n) is 13.2. The monoisotopic (exact) mass is 335 g/mol. The van der Waals surface area contributed by atoms with Crippen LogP contribution in [0.5, 0.6) is 0 Å². The van der Waals surface area contributed by atoms with Crippen LogP contribution in [0.25, 0.3) is 6.08 Å². The van der Waals surface area contributed by atoms with Crippen LogP contribution in [0, 0.1) is 5.82 Å². The topological polar surface area (TPSA) is 90.0 Å². The Hall–Kier alpha value is -2.90. The number of carbonyl (C=O) groups excluding carboxylic acids is 2. The number of hydrogen-bond acceptors (Lipinski definition) is 3. The summed E-state index contributed by atoms with van der Waals surface area (Å²) < 4.78 is 13.0. The van der Waals surface area contributed by atoms with E-state index in [9.17, 15) is 18.8 Å². The lowest BCUT2D eigenvalue weighted by molar-refractivity contribution is -0.130. The van der Waals surface area contributed by atoms with E-state index >= 15 is 0 Å². The minimum absolute atomic E-state index is 0.0675. The number of nitrogens with zero attached hydrogens (tertiary/aromatic N) is 2. The number of piperazine rings is 1. The van der Waals surface area contributed by atoms with Crippen LogP contribution in [0.2, 0.25) is 0 Å². The standard InChI is InChI=1S/C16H18FN3O4/c1-11(21)18-14(10-12-2-4-13(17)5-3-12)15(22)19-6-8-20(9-7-19)16(23)24/h2-5,10H,6-9H2,1H3,(H,18,21)(H,23,24)/b14-10-. The maximum Gasteiger partial charge on any atom is 0.407 e. The first kappa shape index (κ1) is 17.5. The fraction of sp³-hybridized carbons (Fsp3) is 0.312. The van der Waals surface area contributed by atoms with Crippen LogP contribution in [-0.4, -0.2) is 59.0 Å². The number of nitrogens with one attached hydrogen (secondary N) is 1. The molecule has 128 valence electrons. The van der Waals surface area contributed by atoms with Gasteiger partial charge in [0, 0.05) is 33.1 Å². The van der Waals surface area contributed by atoms with Gasteiger partial charge < -0.3 is 20.2 Å². The zero-order valence-corrected chi connectivity index (χ0v) is 13.2.